The van der Waals surface area contributed by atoms with E-state index in [2.05, 4.69) is 4.90 Å². The number of hydrogen-bond donors (Lipinski definition) is 0. The zero-order valence-corrected chi connectivity index (χ0v) is 17.3. The Balaban J connectivity index is 1.52. The molecule has 0 aliphatic carbocycles. The number of methoxy groups -OCH3 is 1. The zero-order chi connectivity index (χ0) is 21.3. The lowest BCUT2D eigenvalue weighted by Gasteiger charge is -2.36. The average molecular weight is 407 g/mol. The third-order valence-electron chi connectivity index (χ3n) is 5.80. The van der Waals surface area contributed by atoms with Crippen molar-refractivity contribution in [1.29, 1.82) is 0 Å². The zero-order valence-electron chi connectivity index (χ0n) is 17.3. The van der Waals surface area contributed by atoms with Crippen LogP contribution in [0.4, 0.5) is 5.69 Å². The molecule has 4 rings (SSSR count). The quantitative estimate of drug-likeness (QED) is 0.711. The van der Waals surface area contributed by atoms with E-state index >= 15 is 0 Å². The van der Waals surface area contributed by atoms with E-state index in [0.717, 1.165) is 17.0 Å². The van der Waals surface area contributed by atoms with Crippen molar-refractivity contribution in [2.24, 2.45) is 0 Å². The minimum atomic E-state index is -0.248. The van der Waals surface area contributed by atoms with E-state index in [-0.39, 0.29) is 17.7 Å². The second-order valence-electron chi connectivity index (χ2n) is 7.56. The van der Waals surface area contributed by atoms with Gasteiger partial charge in [-0.3, -0.25) is 19.3 Å². The lowest BCUT2D eigenvalue weighted by molar-refractivity contribution is -0.129. The minimum Gasteiger partial charge on any atom is -0.497 e. The van der Waals surface area contributed by atoms with Gasteiger partial charge in [-0.15, -0.1) is 0 Å². The van der Waals surface area contributed by atoms with Crippen molar-refractivity contribution in [1.82, 2.24) is 9.80 Å². The topological polar surface area (TPSA) is 70.2 Å². The van der Waals surface area contributed by atoms with Crippen LogP contribution in [-0.4, -0.2) is 67.4 Å². The molecule has 0 unspecified atom stereocenters. The maximum Gasteiger partial charge on any atom is 0.263 e. The van der Waals surface area contributed by atoms with Gasteiger partial charge in [0, 0.05) is 39.6 Å². The molecular weight excluding hydrogens is 382 g/mol. The summed E-state index contributed by atoms with van der Waals surface area (Å²) in [7, 11) is 1.61. The normalized spacial score (nSPS) is 16.1. The van der Waals surface area contributed by atoms with Gasteiger partial charge in [0.25, 0.3) is 11.8 Å². The van der Waals surface area contributed by atoms with Crippen molar-refractivity contribution in [2.75, 3.05) is 44.7 Å². The van der Waals surface area contributed by atoms with Crippen LogP contribution < -0.4 is 9.64 Å². The molecule has 2 aromatic carbocycles. The van der Waals surface area contributed by atoms with Gasteiger partial charge in [-0.2, -0.15) is 0 Å². The number of rotatable bonds is 5. The number of piperazine rings is 1. The Morgan fingerprint density at radius 1 is 1.00 bits per heavy atom. The summed E-state index contributed by atoms with van der Waals surface area (Å²) in [5, 5.41) is 0. The van der Waals surface area contributed by atoms with Crippen molar-refractivity contribution in [3.05, 3.63) is 59.2 Å². The molecule has 156 valence electrons. The molecule has 7 nitrogen and oxygen atoms in total. The molecule has 0 bridgehead atoms. The molecule has 2 heterocycles. The summed E-state index contributed by atoms with van der Waals surface area (Å²) in [6.07, 6.45) is 0.565. The summed E-state index contributed by atoms with van der Waals surface area (Å²) in [4.78, 5) is 42.9. The van der Waals surface area contributed by atoms with Gasteiger partial charge in [-0.25, -0.2) is 0 Å². The molecule has 0 spiro atoms. The first-order chi connectivity index (χ1) is 14.5. The second kappa shape index (κ2) is 8.18. The van der Waals surface area contributed by atoms with Gasteiger partial charge >= 0.3 is 0 Å². The number of nitrogens with zero attached hydrogens (tertiary/aromatic N) is 3. The minimum absolute atomic E-state index is 0.0583. The number of carbonyl (C=O) groups is 3. The molecule has 2 aliphatic rings. The molecule has 2 aliphatic heterocycles. The molecule has 0 saturated carbocycles. The van der Waals surface area contributed by atoms with E-state index in [1.165, 1.54) is 4.90 Å². The highest BCUT2D eigenvalue weighted by atomic mass is 16.5. The van der Waals surface area contributed by atoms with Crippen LogP contribution in [0, 0.1) is 0 Å². The van der Waals surface area contributed by atoms with E-state index < -0.39 is 0 Å². The van der Waals surface area contributed by atoms with Crippen molar-refractivity contribution in [3.63, 3.8) is 0 Å². The maximum atomic E-state index is 13.2. The molecular formula is C23H25N3O4. The van der Waals surface area contributed by atoms with Crippen molar-refractivity contribution < 1.29 is 19.1 Å². The lowest BCUT2D eigenvalue weighted by Crippen LogP contribution is -2.48. The first kappa shape index (κ1) is 19.9. The van der Waals surface area contributed by atoms with E-state index in [1.54, 1.807) is 25.0 Å². The SMILES string of the molecule is COc1cccc(CCN2C(=O)c3cccc(N4CCN(C(C)=O)CC4)c3C2=O)c1. The highest BCUT2D eigenvalue weighted by molar-refractivity contribution is 6.23. The van der Waals surface area contributed by atoms with Gasteiger partial charge in [0.2, 0.25) is 5.91 Å². The highest BCUT2D eigenvalue weighted by Crippen LogP contribution is 2.32. The van der Waals surface area contributed by atoms with Crippen molar-refractivity contribution in [2.45, 2.75) is 13.3 Å². The first-order valence-corrected chi connectivity index (χ1v) is 10.1. The first-order valence-electron chi connectivity index (χ1n) is 10.1. The van der Waals surface area contributed by atoms with Crippen LogP contribution >= 0.6 is 0 Å². The van der Waals surface area contributed by atoms with Gasteiger partial charge in [0.1, 0.15) is 5.75 Å². The molecule has 1 fully saturated rings. The van der Waals surface area contributed by atoms with Crippen LogP contribution in [0.15, 0.2) is 42.5 Å². The van der Waals surface area contributed by atoms with Crippen LogP contribution in [-0.2, 0) is 11.2 Å². The fourth-order valence-electron chi connectivity index (χ4n) is 4.11. The van der Waals surface area contributed by atoms with Gasteiger partial charge in [-0.1, -0.05) is 18.2 Å². The number of anilines is 1. The number of hydrogen-bond acceptors (Lipinski definition) is 5. The molecule has 0 aromatic heterocycles. The number of carbonyl (C=O) groups excluding carboxylic acids is 3. The fourth-order valence-corrected chi connectivity index (χ4v) is 4.11. The standard InChI is InChI=1S/C23H25N3O4/c1-16(27)24-11-13-25(14-12-24)20-8-4-7-19-21(20)23(29)26(22(19)28)10-9-17-5-3-6-18(15-17)30-2/h3-8,15H,9-14H2,1-2H3. The summed E-state index contributed by atoms with van der Waals surface area (Å²) >= 11 is 0. The van der Waals surface area contributed by atoms with Gasteiger partial charge in [0.15, 0.2) is 0 Å². The summed E-state index contributed by atoms with van der Waals surface area (Å²) in [5.74, 6) is 0.314. The summed E-state index contributed by atoms with van der Waals surface area (Å²) in [5.41, 5.74) is 2.71. The largest absolute Gasteiger partial charge is 0.497 e. The van der Waals surface area contributed by atoms with Crippen molar-refractivity contribution >= 4 is 23.4 Å². The predicted octanol–water partition coefficient (Wildman–Crippen LogP) is 2.20. The number of fused-ring (bicyclic) bond motifs is 1. The third kappa shape index (κ3) is 3.63. The Morgan fingerprint density at radius 3 is 2.43 bits per heavy atom. The Bertz CT molecular complexity index is 996. The Hall–Kier alpha value is -3.35. The average Bonchev–Trinajstić information content (AvgIpc) is 3.02. The summed E-state index contributed by atoms with van der Waals surface area (Å²) < 4.78 is 5.25. The van der Waals surface area contributed by atoms with Crippen LogP contribution in [0.5, 0.6) is 5.75 Å². The van der Waals surface area contributed by atoms with E-state index in [0.29, 0.717) is 50.3 Å². The van der Waals surface area contributed by atoms with Crippen LogP contribution in [0.2, 0.25) is 0 Å². The molecule has 0 radical (unpaired) electrons. The monoisotopic (exact) mass is 407 g/mol. The Kier molecular flexibility index (Phi) is 5.44. The Labute approximate surface area is 175 Å². The lowest BCUT2D eigenvalue weighted by atomic mass is 10.1. The number of imide groups is 1. The number of ether oxygens (including phenoxy) is 1. The van der Waals surface area contributed by atoms with Crippen LogP contribution in [0.1, 0.15) is 33.2 Å². The molecule has 0 atom stereocenters. The molecule has 3 amide bonds. The summed E-state index contributed by atoms with van der Waals surface area (Å²) in [6, 6.07) is 13.1. The molecule has 7 heteroatoms. The highest BCUT2D eigenvalue weighted by Gasteiger charge is 2.38. The van der Waals surface area contributed by atoms with E-state index in [1.807, 2.05) is 36.4 Å². The van der Waals surface area contributed by atoms with E-state index in [9.17, 15) is 14.4 Å². The van der Waals surface area contributed by atoms with Gasteiger partial charge in [0.05, 0.1) is 23.9 Å². The molecule has 2 aromatic rings. The third-order valence-corrected chi connectivity index (χ3v) is 5.80. The van der Waals surface area contributed by atoms with Crippen molar-refractivity contribution in [3.8, 4) is 5.75 Å². The smallest absolute Gasteiger partial charge is 0.263 e. The predicted molar refractivity (Wildman–Crippen MR) is 113 cm³/mol. The molecule has 30 heavy (non-hydrogen) atoms. The Morgan fingerprint density at radius 2 is 1.73 bits per heavy atom. The maximum absolute atomic E-state index is 13.2. The summed E-state index contributed by atoms with van der Waals surface area (Å²) in [6.45, 7) is 4.39. The second-order valence-corrected chi connectivity index (χ2v) is 7.56. The number of benzene rings is 2. The van der Waals surface area contributed by atoms with Crippen LogP contribution in [0.3, 0.4) is 0 Å². The van der Waals surface area contributed by atoms with E-state index in [4.69, 9.17) is 4.74 Å². The van der Waals surface area contributed by atoms with Crippen LogP contribution in [0.25, 0.3) is 0 Å². The number of amides is 3. The molecule has 1 saturated heterocycles. The molecule has 0 N–H and O–H groups in total. The fraction of sp³-hybridized carbons (Fsp3) is 0.348. The van der Waals surface area contributed by atoms with Gasteiger partial charge < -0.3 is 14.5 Å². The van der Waals surface area contributed by atoms with Gasteiger partial charge in [-0.05, 0) is 36.2 Å².